The molecule has 0 spiro atoms. The fraction of sp³-hybridized carbons (Fsp3) is 0.458. The predicted octanol–water partition coefficient (Wildman–Crippen LogP) is 3.57. The number of anilines is 1. The van der Waals surface area contributed by atoms with Crippen molar-refractivity contribution in [1.29, 1.82) is 0 Å². The Morgan fingerprint density at radius 2 is 1.90 bits per heavy atom. The zero-order valence-corrected chi connectivity index (χ0v) is 18.1. The summed E-state index contributed by atoms with van der Waals surface area (Å²) in [4.78, 5) is 29.0. The van der Waals surface area contributed by atoms with Crippen LogP contribution in [0.4, 0.5) is 5.82 Å². The molecule has 5 rings (SSSR count). The lowest BCUT2D eigenvalue weighted by Crippen LogP contribution is -2.39. The number of likely N-dealkylation sites (tertiary alicyclic amines) is 1. The summed E-state index contributed by atoms with van der Waals surface area (Å²) in [5.41, 5.74) is 3.12. The van der Waals surface area contributed by atoms with Gasteiger partial charge in [-0.25, -0.2) is 4.68 Å². The molecule has 2 aliphatic heterocycles. The Labute approximate surface area is 182 Å². The highest BCUT2D eigenvalue weighted by Gasteiger charge is 2.27. The number of fused-ring (bicyclic) bond motifs is 2. The van der Waals surface area contributed by atoms with E-state index in [-0.39, 0.29) is 11.8 Å². The first-order chi connectivity index (χ1) is 15.1. The van der Waals surface area contributed by atoms with Crippen molar-refractivity contribution in [2.75, 3.05) is 24.5 Å². The van der Waals surface area contributed by atoms with Gasteiger partial charge in [-0.05, 0) is 31.7 Å². The average Bonchev–Trinajstić information content (AvgIpc) is 3.37. The molecule has 31 heavy (non-hydrogen) atoms. The second kappa shape index (κ2) is 8.21. The number of carbonyl (C=O) groups is 2. The average molecular weight is 420 g/mol. The Bertz CT molecular complexity index is 1120. The van der Waals surface area contributed by atoms with E-state index in [1.165, 1.54) is 6.42 Å². The second-order valence-corrected chi connectivity index (χ2v) is 8.62. The zero-order valence-electron chi connectivity index (χ0n) is 18.1. The number of nitrogens with zero attached hydrogens (tertiary/aromatic N) is 5. The van der Waals surface area contributed by atoms with E-state index in [9.17, 15) is 9.59 Å². The third-order valence-electron chi connectivity index (χ3n) is 6.53. The molecule has 7 nitrogen and oxygen atoms in total. The molecule has 0 atom stereocenters. The van der Waals surface area contributed by atoms with Crippen LogP contribution < -0.4 is 4.90 Å². The Hall–Kier alpha value is -3.09. The summed E-state index contributed by atoms with van der Waals surface area (Å²) in [5, 5.41) is 5.98. The number of rotatable bonds is 5. The van der Waals surface area contributed by atoms with Gasteiger partial charge in [0.2, 0.25) is 11.8 Å². The van der Waals surface area contributed by atoms with Gasteiger partial charge in [0.25, 0.3) is 0 Å². The standard InChI is InChI=1S/C24H29N5O2/c1-26-17-19(18-8-3-4-9-21(18)26)20-16-22-28(24(31)11-15-29(22)25-20)14-7-10-23(30)27-12-5-2-6-13-27/h3-4,8-9,16-17H,2,5-7,10-15H2,1H3. The molecule has 2 amide bonds. The molecule has 4 heterocycles. The molecule has 0 unspecified atom stereocenters. The topological polar surface area (TPSA) is 63.4 Å². The number of para-hydroxylation sites is 1. The number of carbonyl (C=O) groups excluding carboxylic acids is 2. The number of hydrogen-bond acceptors (Lipinski definition) is 3. The van der Waals surface area contributed by atoms with Crippen LogP contribution in [-0.4, -0.2) is 50.7 Å². The summed E-state index contributed by atoms with van der Waals surface area (Å²) in [5.74, 6) is 1.17. The summed E-state index contributed by atoms with van der Waals surface area (Å²) < 4.78 is 4.04. The van der Waals surface area contributed by atoms with Crippen LogP contribution in [0.5, 0.6) is 0 Å². The monoisotopic (exact) mass is 419 g/mol. The number of aryl methyl sites for hydroxylation is 2. The van der Waals surface area contributed by atoms with Crippen LogP contribution in [0.15, 0.2) is 36.5 Å². The van der Waals surface area contributed by atoms with E-state index >= 15 is 0 Å². The van der Waals surface area contributed by atoms with E-state index in [2.05, 4.69) is 22.9 Å². The first-order valence-corrected chi connectivity index (χ1v) is 11.3. The highest BCUT2D eigenvalue weighted by molar-refractivity contribution is 5.98. The number of amides is 2. The first kappa shape index (κ1) is 19.8. The maximum absolute atomic E-state index is 12.7. The van der Waals surface area contributed by atoms with Gasteiger partial charge >= 0.3 is 0 Å². The molecule has 162 valence electrons. The van der Waals surface area contributed by atoms with Crippen LogP contribution in [-0.2, 0) is 23.2 Å². The van der Waals surface area contributed by atoms with Gasteiger partial charge < -0.3 is 9.47 Å². The van der Waals surface area contributed by atoms with Crippen LogP contribution in [0.3, 0.4) is 0 Å². The molecule has 0 radical (unpaired) electrons. The maximum atomic E-state index is 12.7. The van der Waals surface area contributed by atoms with Gasteiger partial charge in [0.15, 0.2) is 0 Å². The van der Waals surface area contributed by atoms with E-state index < -0.39 is 0 Å². The largest absolute Gasteiger partial charge is 0.350 e. The normalized spacial score (nSPS) is 16.7. The molecule has 0 bridgehead atoms. The highest BCUT2D eigenvalue weighted by atomic mass is 16.2. The Morgan fingerprint density at radius 1 is 1.10 bits per heavy atom. The van der Waals surface area contributed by atoms with Crippen LogP contribution in [0.2, 0.25) is 0 Å². The van der Waals surface area contributed by atoms with Gasteiger partial charge in [-0.1, -0.05) is 18.2 Å². The smallest absolute Gasteiger partial charge is 0.229 e. The molecule has 3 aromatic rings. The third kappa shape index (κ3) is 3.73. The summed E-state index contributed by atoms with van der Waals surface area (Å²) in [6.45, 7) is 2.91. The minimum absolute atomic E-state index is 0.113. The Morgan fingerprint density at radius 3 is 2.74 bits per heavy atom. The van der Waals surface area contributed by atoms with Crippen molar-refractivity contribution in [2.24, 2.45) is 7.05 Å². The summed E-state index contributed by atoms with van der Waals surface area (Å²) >= 11 is 0. The number of benzene rings is 1. The van der Waals surface area contributed by atoms with Crippen molar-refractivity contribution in [1.82, 2.24) is 19.2 Å². The van der Waals surface area contributed by atoms with Crippen molar-refractivity contribution in [3.8, 4) is 11.3 Å². The summed E-state index contributed by atoms with van der Waals surface area (Å²) in [7, 11) is 2.04. The lowest BCUT2D eigenvalue weighted by molar-refractivity contribution is -0.132. The number of hydrogen-bond donors (Lipinski definition) is 0. The molecule has 0 N–H and O–H groups in total. The predicted molar refractivity (Wildman–Crippen MR) is 121 cm³/mol. The van der Waals surface area contributed by atoms with Crippen molar-refractivity contribution in [3.05, 3.63) is 36.5 Å². The SMILES string of the molecule is Cn1cc(-c2cc3n(n2)CCC(=O)N3CCCC(=O)N2CCCCC2)c2ccccc21. The minimum atomic E-state index is 0.113. The van der Waals surface area contributed by atoms with Gasteiger partial charge in [0.05, 0.1) is 12.2 Å². The lowest BCUT2D eigenvalue weighted by Gasteiger charge is -2.29. The van der Waals surface area contributed by atoms with Crippen LogP contribution in [0.1, 0.15) is 38.5 Å². The summed E-state index contributed by atoms with van der Waals surface area (Å²) in [6, 6.07) is 10.3. The third-order valence-corrected chi connectivity index (χ3v) is 6.53. The summed E-state index contributed by atoms with van der Waals surface area (Å²) in [6.07, 6.45) is 7.14. The van der Waals surface area contributed by atoms with Gasteiger partial charge in [-0.15, -0.1) is 0 Å². The van der Waals surface area contributed by atoms with Crippen molar-refractivity contribution in [2.45, 2.75) is 45.1 Å². The van der Waals surface area contributed by atoms with E-state index in [0.717, 1.165) is 53.9 Å². The zero-order chi connectivity index (χ0) is 21.4. The van der Waals surface area contributed by atoms with E-state index in [1.54, 1.807) is 0 Å². The highest BCUT2D eigenvalue weighted by Crippen LogP contribution is 2.33. The van der Waals surface area contributed by atoms with Gasteiger partial charge in [0.1, 0.15) is 5.82 Å². The molecule has 1 aromatic carbocycles. The fourth-order valence-electron chi connectivity index (χ4n) is 4.86. The molecule has 1 fully saturated rings. The van der Waals surface area contributed by atoms with Crippen molar-refractivity contribution >= 4 is 28.5 Å². The quantitative estimate of drug-likeness (QED) is 0.635. The molecule has 7 heteroatoms. The Balaban J connectivity index is 1.34. The van der Waals surface area contributed by atoms with E-state index in [0.29, 0.717) is 32.4 Å². The van der Waals surface area contributed by atoms with Crippen molar-refractivity contribution < 1.29 is 9.59 Å². The molecule has 0 saturated carbocycles. The minimum Gasteiger partial charge on any atom is -0.350 e. The van der Waals surface area contributed by atoms with Crippen molar-refractivity contribution in [3.63, 3.8) is 0 Å². The second-order valence-electron chi connectivity index (χ2n) is 8.62. The Kier molecular flexibility index (Phi) is 5.26. The van der Waals surface area contributed by atoms with Gasteiger partial charge in [-0.3, -0.25) is 14.5 Å². The molecular weight excluding hydrogens is 390 g/mol. The molecule has 1 saturated heterocycles. The van der Waals surface area contributed by atoms with Crippen LogP contribution in [0.25, 0.3) is 22.2 Å². The molecule has 0 aliphatic carbocycles. The van der Waals surface area contributed by atoms with Gasteiger partial charge in [-0.2, -0.15) is 5.10 Å². The fourth-order valence-corrected chi connectivity index (χ4v) is 4.86. The molecule has 2 aliphatic rings. The molecular formula is C24H29N5O2. The van der Waals surface area contributed by atoms with Crippen LogP contribution >= 0.6 is 0 Å². The van der Waals surface area contributed by atoms with E-state index in [1.807, 2.05) is 39.7 Å². The van der Waals surface area contributed by atoms with Crippen LogP contribution in [0, 0.1) is 0 Å². The maximum Gasteiger partial charge on any atom is 0.229 e. The van der Waals surface area contributed by atoms with Gasteiger partial charge in [0, 0.05) is 68.3 Å². The number of aromatic nitrogens is 3. The van der Waals surface area contributed by atoms with E-state index in [4.69, 9.17) is 5.10 Å². The lowest BCUT2D eigenvalue weighted by atomic mass is 10.1. The molecule has 2 aromatic heterocycles. The first-order valence-electron chi connectivity index (χ1n) is 11.3. The number of piperidine rings is 1.